The van der Waals surface area contributed by atoms with Gasteiger partial charge in [-0.15, -0.1) is 0 Å². The Kier molecular flexibility index (Phi) is 5.00. The van der Waals surface area contributed by atoms with Gasteiger partial charge in [-0.2, -0.15) is 0 Å². The summed E-state index contributed by atoms with van der Waals surface area (Å²) in [5.41, 5.74) is 2.52. The van der Waals surface area contributed by atoms with Crippen molar-refractivity contribution in [2.24, 2.45) is 0 Å². The highest BCUT2D eigenvalue weighted by molar-refractivity contribution is 5.78. The van der Waals surface area contributed by atoms with Crippen LogP contribution >= 0.6 is 0 Å². The number of hydrogen-bond acceptors (Lipinski definition) is 2. The lowest BCUT2D eigenvalue weighted by molar-refractivity contribution is -0.144. The Morgan fingerprint density at radius 1 is 1.26 bits per heavy atom. The molecule has 2 nitrogen and oxygen atoms in total. The summed E-state index contributed by atoms with van der Waals surface area (Å²) in [5, 5.41) is 0. The van der Waals surface area contributed by atoms with Crippen molar-refractivity contribution in [1.82, 2.24) is 0 Å². The van der Waals surface area contributed by atoms with Crippen molar-refractivity contribution >= 4 is 5.97 Å². The normalized spacial score (nSPS) is 18.0. The van der Waals surface area contributed by atoms with E-state index in [1.165, 1.54) is 37.7 Å². The predicted octanol–water partition coefficient (Wildman–Crippen LogP) is 4.40. The number of rotatable bonds is 4. The first-order chi connectivity index (χ1) is 9.24. The minimum Gasteiger partial charge on any atom is -0.466 e. The smallest absolute Gasteiger partial charge is 0.313 e. The second-order valence-electron chi connectivity index (χ2n) is 5.44. The van der Waals surface area contributed by atoms with Crippen molar-refractivity contribution in [2.45, 2.75) is 57.8 Å². The van der Waals surface area contributed by atoms with Crippen molar-refractivity contribution in [2.75, 3.05) is 6.61 Å². The van der Waals surface area contributed by atoms with E-state index in [-0.39, 0.29) is 11.9 Å². The molecule has 1 aromatic carbocycles. The summed E-state index contributed by atoms with van der Waals surface area (Å²) < 4.78 is 5.16. The summed E-state index contributed by atoms with van der Waals surface area (Å²) in [7, 11) is 0. The molecule has 1 atom stereocenters. The summed E-state index contributed by atoms with van der Waals surface area (Å²) in [5.74, 6) is 0.366. The van der Waals surface area contributed by atoms with Crippen LogP contribution in [0.25, 0.3) is 0 Å². The number of ether oxygens (including phenoxy) is 1. The van der Waals surface area contributed by atoms with Crippen molar-refractivity contribution < 1.29 is 9.53 Å². The molecule has 104 valence electrons. The molecular weight excluding hydrogens is 236 g/mol. The molecule has 1 aliphatic rings. The highest BCUT2D eigenvalue weighted by atomic mass is 16.5. The van der Waals surface area contributed by atoms with Crippen LogP contribution in [0.2, 0.25) is 0 Å². The third-order valence-corrected chi connectivity index (χ3v) is 4.15. The lowest BCUT2D eigenvalue weighted by atomic mass is 9.80. The van der Waals surface area contributed by atoms with Crippen LogP contribution in [0.3, 0.4) is 0 Å². The van der Waals surface area contributed by atoms with Crippen LogP contribution in [0.4, 0.5) is 0 Å². The minimum absolute atomic E-state index is 0.106. The number of esters is 1. The van der Waals surface area contributed by atoms with Crippen LogP contribution in [-0.4, -0.2) is 12.6 Å². The van der Waals surface area contributed by atoms with Gasteiger partial charge in [-0.1, -0.05) is 43.5 Å². The van der Waals surface area contributed by atoms with Crippen LogP contribution in [0.5, 0.6) is 0 Å². The zero-order chi connectivity index (χ0) is 13.7. The number of hydrogen-bond donors (Lipinski definition) is 0. The molecule has 1 aliphatic carbocycles. The van der Waals surface area contributed by atoms with Gasteiger partial charge in [-0.3, -0.25) is 4.79 Å². The molecule has 0 bridgehead atoms. The van der Waals surface area contributed by atoms with Crippen molar-refractivity contribution in [3.8, 4) is 0 Å². The molecule has 2 rings (SSSR count). The molecule has 1 unspecified atom stereocenters. The van der Waals surface area contributed by atoms with Gasteiger partial charge in [0.1, 0.15) is 0 Å². The quantitative estimate of drug-likeness (QED) is 0.750. The van der Waals surface area contributed by atoms with E-state index in [1.54, 1.807) is 0 Å². The second-order valence-corrected chi connectivity index (χ2v) is 5.44. The third-order valence-electron chi connectivity index (χ3n) is 4.15. The van der Waals surface area contributed by atoms with Gasteiger partial charge in [0.15, 0.2) is 0 Å². The second kappa shape index (κ2) is 6.74. The summed E-state index contributed by atoms with van der Waals surface area (Å²) in [6, 6.07) is 8.40. The Bertz CT molecular complexity index is 419. The SMILES string of the molecule is CCOC(=O)C(C)c1ccccc1C1CCCCC1. The van der Waals surface area contributed by atoms with Gasteiger partial charge in [-0.05, 0) is 43.7 Å². The van der Waals surface area contributed by atoms with Gasteiger partial charge < -0.3 is 4.74 Å². The van der Waals surface area contributed by atoms with Gasteiger partial charge in [-0.25, -0.2) is 0 Å². The zero-order valence-electron chi connectivity index (χ0n) is 12.0. The first-order valence-corrected chi connectivity index (χ1v) is 7.49. The summed E-state index contributed by atoms with van der Waals surface area (Å²) in [4.78, 5) is 12.0. The van der Waals surface area contributed by atoms with Crippen molar-refractivity contribution in [3.63, 3.8) is 0 Å². The molecular formula is C17H24O2. The van der Waals surface area contributed by atoms with Crippen LogP contribution < -0.4 is 0 Å². The van der Waals surface area contributed by atoms with Gasteiger partial charge in [0.2, 0.25) is 0 Å². The van der Waals surface area contributed by atoms with E-state index in [0.29, 0.717) is 12.5 Å². The predicted molar refractivity (Wildman–Crippen MR) is 77.3 cm³/mol. The minimum atomic E-state index is -0.155. The Labute approximate surface area is 116 Å². The molecule has 0 heterocycles. The number of carbonyl (C=O) groups excluding carboxylic acids is 1. The highest BCUT2D eigenvalue weighted by Gasteiger charge is 2.24. The average Bonchev–Trinajstić information content (AvgIpc) is 2.47. The molecule has 0 aliphatic heterocycles. The van der Waals surface area contributed by atoms with Gasteiger partial charge in [0.05, 0.1) is 12.5 Å². The third kappa shape index (κ3) is 3.37. The maximum absolute atomic E-state index is 12.0. The Hall–Kier alpha value is -1.31. The first kappa shape index (κ1) is 14.1. The average molecular weight is 260 g/mol. The Balaban J connectivity index is 2.22. The molecule has 0 aromatic heterocycles. The molecule has 0 amide bonds. The lowest BCUT2D eigenvalue weighted by Gasteiger charge is -2.26. The van der Waals surface area contributed by atoms with Crippen LogP contribution in [-0.2, 0) is 9.53 Å². The molecule has 1 saturated carbocycles. The first-order valence-electron chi connectivity index (χ1n) is 7.49. The van der Waals surface area contributed by atoms with E-state index in [9.17, 15) is 4.79 Å². The topological polar surface area (TPSA) is 26.3 Å². The summed E-state index contributed by atoms with van der Waals surface area (Å²) >= 11 is 0. The molecule has 1 aromatic rings. The standard InChI is InChI=1S/C17H24O2/c1-3-19-17(18)13(2)15-11-7-8-12-16(15)14-9-5-4-6-10-14/h7-8,11-14H,3-6,9-10H2,1-2H3. The van der Waals surface area contributed by atoms with E-state index in [4.69, 9.17) is 4.74 Å². The van der Waals surface area contributed by atoms with E-state index in [0.717, 1.165) is 5.56 Å². The molecule has 0 saturated heterocycles. The van der Waals surface area contributed by atoms with Crippen LogP contribution in [0.15, 0.2) is 24.3 Å². The molecule has 1 fully saturated rings. The van der Waals surface area contributed by atoms with Gasteiger partial charge in [0, 0.05) is 0 Å². The fourth-order valence-electron chi connectivity index (χ4n) is 3.08. The maximum Gasteiger partial charge on any atom is 0.313 e. The monoisotopic (exact) mass is 260 g/mol. The largest absolute Gasteiger partial charge is 0.466 e. The fraction of sp³-hybridized carbons (Fsp3) is 0.588. The number of benzene rings is 1. The van der Waals surface area contributed by atoms with Crippen molar-refractivity contribution in [3.05, 3.63) is 35.4 Å². The summed E-state index contributed by atoms with van der Waals surface area (Å²) in [6.07, 6.45) is 6.49. The Morgan fingerprint density at radius 3 is 2.63 bits per heavy atom. The van der Waals surface area contributed by atoms with E-state index in [2.05, 4.69) is 18.2 Å². The van der Waals surface area contributed by atoms with E-state index >= 15 is 0 Å². The molecule has 19 heavy (non-hydrogen) atoms. The van der Waals surface area contributed by atoms with E-state index < -0.39 is 0 Å². The van der Waals surface area contributed by atoms with Crippen molar-refractivity contribution in [1.29, 1.82) is 0 Å². The molecule has 0 radical (unpaired) electrons. The fourth-order valence-corrected chi connectivity index (χ4v) is 3.08. The lowest BCUT2D eigenvalue weighted by Crippen LogP contribution is -2.16. The highest BCUT2D eigenvalue weighted by Crippen LogP contribution is 2.36. The number of carbonyl (C=O) groups is 1. The summed E-state index contributed by atoms with van der Waals surface area (Å²) in [6.45, 7) is 4.27. The van der Waals surface area contributed by atoms with Crippen LogP contribution in [0.1, 0.15) is 68.9 Å². The van der Waals surface area contributed by atoms with Crippen LogP contribution in [0, 0.1) is 0 Å². The van der Waals surface area contributed by atoms with E-state index in [1.807, 2.05) is 19.9 Å². The Morgan fingerprint density at radius 2 is 1.95 bits per heavy atom. The zero-order valence-corrected chi connectivity index (χ0v) is 12.0. The van der Waals surface area contributed by atoms with Gasteiger partial charge >= 0.3 is 5.97 Å². The molecule has 2 heteroatoms. The molecule has 0 N–H and O–H groups in total. The van der Waals surface area contributed by atoms with Gasteiger partial charge in [0.25, 0.3) is 0 Å². The molecule has 0 spiro atoms. The maximum atomic E-state index is 12.0.